The average molecular weight is 241 g/mol. The average Bonchev–Trinajstić information content (AvgIpc) is 3.02. The van der Waals surface area contributed by atoms with Gasteiger partial charge in [0.15, 0.2) is 0 Å². The zero-order valence-corrected chi connectivity index (χ0v) is 10.0. The van der Waals surface area contributed by atoms with Crippen molar-refractivity contribution in [3.05, 3.63) is 29.8 Å². The third-order valence-electron chi connectivity index (χ3n) is 2.50. The molecule has 0 N–H and O–H groups in total. The Morgan fingerprint density at radius 1 is 1.25 bits per heavy atom. The predicted octanol–water partition coefficient (Wildman–Crippen LogP) is 1.02. The van der Waals surface area contributed by atoms with Crippen molar-refractivity contribution in [1.29, 1.82) is 0 Å². The summed E-state index contributed by atoms with van der Waals surface area (Å²) in [4.78, 5) is 2.34. The third kappa shape index (κ3) is 3.04. The highest BCUT2D eigenvalue weighted by Gasteiger charge is 2.19. The largest absolute Gasteiger partial charge is 0.298 e. The van der Waals surface area contributed by atoms with Crippen LogP contribution in [0.1, 0.15) is 5.56 Å². The molecule has 0 unspecified atom stereocenters. The molecule has 0 aliphatic carbocycles. The van der Waals surface area contributed by atoms with Crippen molar-refractivity contribution in [1.82, 2.24) is 4.90 Å². The van der Waals surface area contributed by atoms with Crippen LogP contribution < -0.4 is 0 Å². The van der Waals surface area contributed by atoms with Crippen molar-refractivity contribution < 1.29 is 12.6 Å². The van der Waals surface area contributed by atoms with Crippen LogP contribution in [-0.4, -0.2) is 39.6 Å². The summed E-state index contributed by atoms with van der Waals surface area (Å²) >= 11 is 0. The van der Waals surface area contributed by atoms with E-state index in [-0.39, 0.29) is 11.5 Å². The van der Waals surface area contributed by atoms with Gasteiger partial charge in [-0.2, -0.15) is 8.42 Å². The van der Waals surface area contributed by atoms with Crippen molar-refractivity contribution in [3.8, 4) is 0 Å². The summed E-state index contributed by atoms with van der Waals surface area (Å²) in [7, 11) is -3.57. The molecule has 0 saturated carbocycles. The quantitative estimate of drug-likeness (QED) is 0.570. The Balaban J connectivity index is 1.97. The van der Waals surface area contributed by atoms with E-state index in [1.807, 2.05) is 6.92 Å². The first kappa shape index (κ1) is 11.6. The Kier molecular flexibility index (Phi) is 3.28. The predicted molar refractivity (Wildman–Crippen MR) is 60.8 cm³/mol. The molecule has 88 valence electrons. The number of nitrogens with zero attached hydrogens (tertiary/aromatic N) is 1. The fraction of sp³-hybridized carbons (Fsp3) is 0.455. The molecule has 1 aromatic carbocycles. The van der Waals surface area contributed by atoms with Gasteiger partial charge in [0, 0.05) is 19.6 Å². The smallest absolute Gasteiger partial charge is 0.297 e. The van der Waals surface area contributed by atoms with E-state index in [1.165, 1.54) is 0 Å². The molecule has 4 nitrogen and oxygen atoms in total. The topological polar surface area (TPSA) is 46.4 Å². The molecule has 1 saturated heterocycles. The molecule has 1 heterocycles. The van der Waals surface area contributed by atoms with E-state index in [0.717, 1.165) is 18.7 Å². The van der Waals surface area contributed by atoms with Crippen LogP contribution in [0.4, 0.5) is 0 Å². The first-order valence-electron chi connectivity index (χ1n) is 5.26. The molecule has 1 fully saturated rings. The van der Waals surface area contributed by atoms with Gasteiger partial charge in [-0.15, -0.1) is 0 Å². The standard InChI is InChI=1S/C11H15NO3S/c1-10-2-4-11(5-3-10)16(13,14)15-9-8-12-6-7-12/h2-5H,6-9H2,1H3. The number of hydrogen-bond acceptors (Lipinski definition) is 4. The van der Waals surface area contributed by atoms with Gasteiger partial charge in [0.2, 0.25) is 0 Å². The van der Waals surface area contributed by atoms with Gasteiger partial charge in [0.1, 0.15) is 0 Å². The van der Waals surface area contributed by atoms with Crippen LogP contribution in [0.2, 0.25) is 0 Å². The fourth-order valence-corrected chi connectivity index (χ4v) is 2.24. The van der Waals surface area contributed by atoms with Gasteiger partial charge in [0.25, 0.3) is 10.1 Å². The van der Waals surface area contributed by atoms with Crippen LogP contribution >= 0.6 is 0 Å². The summed E-state index contributed by atoms with van der Waals surface area (Å²) in [6, 6.07) is 6.67. The van der Waals surface area contributed by atoms with Gasteiger partial charge in [-0.1, -0.05) is 17.7 Å². The minimum Gasteiger partial charge on any atom is -0.298 e. The van der Waals surface area contributed by atoms with Crippen molar-refractivity contribution in [2.24, 2.45) is 0 Å². The second-order valence-electron chi connectivity index (χ2n) is 3.93. The van der Waals surface area contributed by atoms with Crippen molar-refractivity contribution in [3.63, 3.8) is 0 Å². The molecule has 0 bridgehead atoms. The molecule has 0 amide bonds. The molecular formula is C11H15NO3S. The lowest BCUT2D eigenvalue weighted by molar-refractivity contribution is 0.294. The molecule has 0 aromatic heterocycles. The first-order valence-corrected chi connectivity index (χ1v) is 6.67. The Morgan fingerprint density at radius 2 is 1.88 bits per heavy atom. The molecule has 0 radical (unpaired) electrons. The van der Waals surface area contributed by atoms with Gasteiger partial charge < -0.3 is 0 Å². The van der Waals surface area contributed by atoms with E-state index in [4.69, 9.17) is 4.18 Å². The summed E-state index contributed by atoms with van der Waals surface area (Å²) in [5, 5.41) is 0. The number of aryl methyl sites for hydroxylation is 1. The highest BCUT2D eigenvalue weighted by atomic mass is 32.2. The molecule has 1 aromatic rings. The van der Waals surface area contributed by atoms with Crippen LogP contribution in [0.25, 0.3) is 0 Å². The van der Waals surface area contributed by atoms with Crippen LogP contribution in [-0.2, 0) is 14.3 Å². The van der Waals surface area contributed by atoms with E-state index in [2.05, 4.69) is 4.90 Å². The molecule has 2 rings (SSSR count). The van der Waals surface area contributed by atoms with E-state index in [0.29, 0.717) is 6.54 Å². The van der Waals surface area contributed by atoms with Gasteiger partial charge in [-0.3, -0.25) is 9.08 Å². The summed E-state index contributed by atoms with van der Waals surface area (Å²) in [6.07, 6.45) is 0. The molecule has 5 heteroatoms. The molecular weight excluding hydrogens is 226 g/mol. The SMILES string of the molecule is Cc1ccc(S(=O)(=O)OCCN2CC2)cc1. The number of rotatable bonds is 5. The maximum absolute atomic E-state index is 11.7. The minimum atomic E-state index is -3.57. The zero-order chi connectivity index (χ0) is 11.6. The normalized spacial score (nSPS) is 16.3. The Hall–Kier alpha value is -0.910. The van der Waals surface area contributed by atoms with Gasteiger partial charge in [0.05, 0.1) is 11.5 Å². The number of hydrogen-bond donors (Lipinski definition) is 0. The zero-order valence-electron chi connectivity index (χ0n) is 9.22. The fourth-order valence-electron chi connectivity index (χ4n) is 1.34. The van der Waals surface area contributed by atoms with E-state index < -0.39 is 10.1 Å². The Bertz CT molecular complexity index is 449. The van der Waals surface area contributed by atoms with Crippen molar-refractivity contribution >= 4 is 10.1 Å². The summed E-state index contributed by atoms with van der Waals surface area (Å²) in [6.45, 7) is 4.93. The lowest BCUT2D eigenvalue weighted by atomic mass is 10.2. The molecule has 0 spiro atoms. The van der Waals surface area contributed by atoms with E-state index in [1.54, 1.807) is 24.3 Å². The molecule has 1 aliphatic rings. The van der Waals surface area contributed by atoms with Crippen LogP contribution in [0.15, 0.2) is 29.2 Å². The van der Waals surface area contributed by atoms with Gasteiger partial charge >= 0.3 is 0 Å². The monoisotopic (exact) mass is 241 g/mol. The molecule has 1 aliphatic heterocycles. The van der Waals surface area contributed by atoms with Crippen molar-refractivity contribution in [2.75, 3.05) is 26.2 Å². The highest BCUT2D eigenvalue weighted by Crippen LogP contribution is 2.13. The lowest BCUT2D eigenvalue weighted by Crippen LogP contribution is -2.13. The maximum atomic E-state index is 11.7. The van der Waals surface area contributed by atoms with Gasteiger partial charge in [-0.25, -0.2) is 0 Å². The van der Waals surface area contributed by atoms with Crippen LogP contribution in [0.3, 0.4) is 0 Å². The summed E-state index contributed by atoms with van der Waals surface area (Å²) in [5.41, 5.74) is 1.03. The Labute approximate surface area is 96.0 Å². The minimum absolute atomic E-state index is 0.226. The van der Waals surface area contributed by atoms with Crippen LogP contribution in [0.5, 0.6) is 0 Å². The van der Waals surface area contributed by atoms with Gasteiger partial charge in [-0.05, 0) is 19.1 Å². The maximum Gasteiger partial charge on any atom is 0.297 e. The third-order valence-corrected chi connectivity index (χ3v) is 3.82. The second-order valence-corrected chi connectivity index (χ2v) is 5.55. The summed E-state index contributed by atoms with van der Waals surface area (Å²) in [5.74, 6) is 0. The summed E-state index contributed by atoms with van der Waals surface area (Å²) < 4.78 is 28.3. The first-order chi connectivity index (χ1) is 7.58. The van der Waals surface area contributed by atoms with E-state index in [9.17, 15) is 8.42 Å². The van der Waals surface area contributed by atoms with E-state index >= 15 is 0 Å². The second kappa shape index (κ2) is 4.53. The molecule has 0 atom stereocenters. The van der Waals surface area contributed by atoms with Crippen molar-refractivity contribution in [2.45, 2.75) is 11.8 Å². The Morgan fingerprint density at radius 3 is 2.44 bits per heavy atom. The number of benzene rings is 1. The van der Waals surface area contributed by atoms with Crippen LogP contribution in [0, 0.1) is 6.92 Å². The molecule has 16 heavy (non-hydrogen) atoms. The highest BCUT2D eigenvalue weighted by molar-refractivity contribution is 7.86. The lowest BCUT2D eigenvalue weighted by Gasteiger charge is -2.05.